The molecule has 0 aliphatic rings. The number of halogens is 1. The van der Waals surface area contributed by atoms with Crippen molar-refractivity contribution in [2.75, 3.05) is 13.1 Å². The summed E-state index contributed by atoms with van der Waals surface area (Å²) in [6, 6.07) is 5.19. The molecule has 3 N–H and O–H groups in total. The average molecular weight is 310 g/mol. The highest BCUT2D eigenvalue weighted by atomic mass is 19.1. The predicted molar refractivity (Wildman–Crippen MR) is 77.8 cm³/mol. The Morgan fingerprint density at radius 1 is 0.955 bits per heavy atom. The lowest BCUT2D eigenvalue weighted by Gasteiger charge is -2.06. The van der Waals surface area contributed by atoms with Crippen LogP contribution in [0, 0.1) is 5.82 Å². The van der Waals surface area contributed by atoms with Gasteiger partial charge in [-0.1, -0.05) is 0 Å². The van der Waals surface area contributed by atoms with E-state index in [0.29, 0.717) is 31.5 Å². The highest BCUT2D eigenvalue weighted by Crippen LogP contribution is 2.02. The van der Waals surface area contributed by atoms with Crippen molar-refractivity contribution in [2.45, 2.75) is 25.7 Å². The molecule has 0 unspecified atom stereocenters. The molecule has 0 fully saturated rings. The molecule has 0 aliphatic heterocycles. The summed E-state index contributed by atoms with van der Waals surface area (Å²) < 4.78 is 12.7. The van der Waals surface area contributed by atoms with Gasteiger partial charge in [0.1, 0.15) is 5.82 Å². The number of rotatable bonds is 9. The normalized spacial score (nSPS) is 10.0. The third-order valence-electron chi connectivity index (χ3n) is 2.86. The smallest absolute Gasteiger partial charge is 0.303 e. The topological polar surface area (TPSA) is 95.5 Å². The maximum atomic E-state index is 12.7. The first kappa shape index (κ1) is 17.6. The van der Waals surface area contributed by atoms with E-state index >= 15 is 0 Å². The molecule has 0 saturated heterocycles. The van der Waals surface area contributed by atoms with Crippen molar-refractivity contribution in [2.24, 2.45) is 0 Å². The summed E-state index contributed by atoms with van der Waals surface area (Å²) in [6.45, 7) is 0.659. The van der Waals surface area contributed by atoms with Crippen LogP contribution in [0.3, 0.4) is 0 Å². The minimum atomic E-state index is -0.891. The van der Waals surface area contributed by atoms with E-state index in [1.807, 2.05) is 0 Å². The molecule has 1 aromatic rings. The fraction of sp³-hybridized carbons (Fsp3) is 0.400. The summed E-state index contributed by atoms with van der Waals surface area (Å²) in [4.78, 5) is 33.4. The van der Waals surface area contributed by atoms with E-state index in [0.717, 1.165) is 0 Å². The molecule has 22 heavy (non-hydrogen) atoms. The van der Waals surface area contributed by atoms with Crippen LogP contribution < -0.4 is 10.6 Å². The molecule has 7 heteroatoms. The Labute approximate surface area is 127 Å². The largest absolute Gasteiger partial charge is 0.481 e. The minimum absolute atomic E-state index is 0.0218. The number of hydrogen-bond acceptors (Lipinski definition) is 3. The van der Waals surface area contributed by atoms with Gasteiger partial charge < -0.3 is 15.7 Å². The van der Waals surface area contributed by atoms with E-state index in [1.165, 1.54) is 24.3 Å². The van der Waals surface area contributed by atoms with E-state index in [1.54, 1.807) is 0 Å². The molecule has 120 valence electrons. The number of carbonyl (C=O) groups excluding carboxylic acids is 2. The number of nitrogens with one attached hydrogen (secondary N) is 2. The van der Waals surface area contributed by atoms with Gasteiger partial charge in [-0.15, -0.1) is 0 Å². The molecule has 0 heterocycles. The first-order valence-corrected chi connectivity index (χ1v) is 7.01. The Bertz CT molecular complexity index is 517. The summed E-state index contributed by atoms with van der Waals surface area (Å²) in [6.07, 6.45) is 1.13. The second-order valence-electron chi connectivity index (χ2n) is 4.71. The number of benzene rings is 1. The molecule has 6 nitrogen and oxygen atoms in total. The Kier molecular flexibility index (Phi) is 7.60. The summed E-state index contributed by atoms with van der Waals surface area (Å²) in [7, 11) is 0. The third kappa shape index (κ3) is 7.37. The number of carboxylic acid groups (broad SMARTS) is 1. The summed E-state index contributed by atoms with van der Waals surface area (Å²) >= 11 is 0. The summed E-state index contributed by atoms with van der Waals surface area (Å²) in [5.74, 6) is -1.79. The maximum absolute atomic E-state index is 12.7. The van der Waals surface area contributed by atoms with Gasteiger partial charge in [-0.2, -0.15) is 0 Å². The van der Waals surface area contributed by atoms with Crippen LogP contribution in [0.5, 0.6) is 0 Å². The zero-order valence-electron chi connectivity index (χ0n) is 12.1. The van der Waals surface area contributed by atoms with Gasteiger partial charge in [-0.25, -0.2) is 4.39 Å². The van der Waals surface area contributed by atoms with Gasteiger partial charge in [0.05, 0.1) is 0 Å². The quantitative estimate of drug-likeness (QED) is 0.599. The molecular weight excluding hydrogens is 291 g/mol. The zero-order chi connectivity index (χ0) is 16.4. The van der Waals surface area contributed by atoms with Crippen molar-refractivity contribution in [3.05, 3.63) is 35.6 Å². The maximum Gasteiger partial charge on any atom is 0.303 e. The van der Waals surface area contributed by atoms with Crippen LogP contribution in [0.25, 0.3) is 0 Å². The van der Waals surface area contributed by atoms with E-state index in [9.17, 15) is 18.8 Å². The monoisotopic (exact) mass is 310 g/mol. The van der Waals surface area contributed by atoms with Crippen LogP contribution in [0.2, 0.25) is 0 Å². The molecule has 0 aromatic heterocycles. The van der Waals surface area contributed by atoms with E-state index in [2.05, 4.69) is 10.6 Å². The van der Waals surface area contributed by atoms with Crippen molar-refractivity contribution in [1.82, 2.24) is 10.6 Å². The Hall–Kier alpha value is -2.44. The molecule has 1 rings (SSSR count). The van der Waals surface area contributed by atoms with Gasteiger partial charge in [0, 0.05) is 31.5 Å². The first-order valence-electron chi connectivity index (χ1n) is 7.01. The summed E-state index contributed by atoms with van der Waals surface area (Å²) in [5.41, 5.74) is 0.361. The highest BCUT2D eigenvalue weighted by Gasteiger charge is 2.06. The first-order chi connectivity index (χ1) is 10.5. The highest BCUT2D eigenvalue weighted by molar-refractivity contribution is 5.94. The van der Waals surface area contributed by atoms with Crippen LogP contribution >= 0.6 is 0 Å². The Balaban J connectivity index is 2.11. The van der Waals surface area contributed by atoms with Crippen LogP contribution in [0.1, 0.15) is 36.0 Å². The average Bonchev–Trinajstić information content (AvgIpc) is 2.48. The lowest BCUT2D eigenvalue weighted by atomic mass is 10.2. The van der Waals surface area contributed by atoms with Gasteiger partial charge in [0.25, 0.3) is 5.91 Å². The van der Waals surface area contributed by atoms with Crippen LogP contribution in [0.4, 0.5) is 4.39 Å². The van der Waals surface area contributed by atoms with E-state index in [-0.39, 0.29) is 24.7 Å². The number of carbonyl (C=O) groups is 3. The molecule has 0 radical (unpaired) electrons. The molecule has 0 aliphatic carbocycles. The molecular formula is C15H19FN2O4. The SMILES string of the molecule is O=C(O)CCCNC(=O)CCCNC(=O)c1ccc(F)cc1. The summed E-state index contributed by atoms with van der Waals surface area (Å²) in [5, 5.41) is 13.7. The lowest BCUT2D eigenvalue weighted by molar-refractivity contribution is -0.137. The van der Waals surface area contributed by atoms with Crippen LogP contribution in [-0.2, 0) is 9.59 Å². The minimum Gasteiger partial charge on any atom is -0.481 e. The Morgan fingerprint density at radius 2 is 1.55 bits per heavy atom. The molecule has 0 saturated carbocycles. The van der Waals surface area contributed by atoms with Crippen molar-refractivity contribution in [1.29, 1.82) is 0 Å². The van der Waals surface area contributed by atoms with Crippen LogP contribution in [-0.4, -0.2) is 36.0 Å². The second-order valence-corrected chi connectivity index (χ2v) is 4.71. The van der Waals surface area contributed by atoms with Gasteiger partial charge in [-0.3, -0.25) is 14.4 Å². The standard InChI is InChI=1S/C15H19FN2O4/c16-12-7-5-11(6-8-12)15(22)18-10-1-3-13(19)17-9-2-4-14(20)21/h5-8H,1-4,9-10H2,(H,17,19)(H,18,22)(H,20,21). The molecule has 0 bridgehead atoms. The predicted octanol–water partition coefficient (Wildman–Crippen LogP) is 1.32. The number of hydrogen-bond donors (Lipinski definition) is 3. The van der Waals surface area contributed by atoms with Crippen molar-refractivity contribution < 1.29 is 23.9 Å². The van der Waals surface area contributed by atoms with E-state index in [4.69, 9.17) is 5.11 Å². The second kappa shape index (κ2) is 9.49. The van der Waals surface area contributed by atoms with Crippen LogP contribution in [0.15, 0.2) is 24.3 Å². The van der Waals surface area contributed by atoms with Gasteiger partial charge in [0.2, 0.25) is 5.91 Å². The van der Waals surface area contributed by atoms with Crippen molar-refractivity contribution in [3.63, 3.8) is 0 Å². The number of amides is 2. The van der Waals surface area contributed by atoms with Crippen molar-refractivity contribution in [3.8, 4) is 0 Å². The Morgan fingerprint density at radius 3 is 2.18 bits per heavy atom. The lowest BCUT2D eigenvalue weighted by Crippen LogP contribution is -2.28. The van der Waals surface area contributed by atoms with Crippen molar-refractivity contribution >= 4 is 17.8 Å². The zero-order valence-corrected chi connectivity index (χ0v) is 12.1. The molecule has 1 aromatic carbocycles. The molecule has 0 atom stereocenters. The van der Waals surface area contributed by atoms with Gasteiger partial charge >= 0.3 is 5.97 Å². The molecule has 2 amide bonds. The fourth-order valence-electron chi connectivity index (χ4n) is 1.71. The van der Waals surface area contributed by atoms with Gasteiger partial charge in [0.15, 0.2) is 0 Å². The van der Waals surface area contributed by atoms with Gasteiger partial charge in [-0.05, 0) is 37.1 Å². The van der Waals surface area contributed by atoms with E-state index < -0.39 is 11.8 Å². The third-order valence-corrected chi connectivity index (χ3v) is 2.86. The number of carboxylic acids is 1. The molecule has 0 spiro atoms. The number of aliphatic carboxylic acids is 1. The fourth-order valence-corrected chi connectivity index (χ4v) is 1.71.